The summed E-state index contributed by atoms with van der Waals surface area (Å²) in [5.74, 6) is -0.0683. The Labute approximate surface area is 196 Å². The molecule has 2 aromatic carbocycles. The van der Waals surface area contributed by atoms with E-state index in [1.165, 1.54) is 23.3 Å². The number of benzene rings is 2. The number of halogens is 3. The van der Waals surface area contributed by atoms with E-state index in [1.54, 1.807) is 41.3 Å². The smallest absolute Gasteiger partial charge is 0.387 e. The van der Waals surface area contributed by atoms with Gasteiger partial charge in [-0.25, -0.2) is 0 Å². The molecule has 0 aliphatic carbocycles. The molecule has 2 aromatic heterocycles. The van der Waals surface area contributed by atoms with Gasteiger partial charge in [0.2, 0.25) is 11.7 Å². The number of hydrogen-bond acceptors (Lipinski definition) is 7. The minimum Gasteiger partial charge on any atom is -0.434 e. The molecule has 1 amide bonds. The molecule has 0 radical (unpaired) electrons. The largest absolute Gasteiger partial charge is 0.434 e. The first-order valence-electron chi connectivity index (χ1n) is 10.4. The molecule has 1 atom stereocenters. The van der Waals surface area contributed by atoms with Crippen molar-refractivity contribution in [3.8, 4) is 22.8 Å². The molecule has 1 aliphatic heterocycles. The molecule has 0 N–H and O–H groups in total. The van der Waals surface area contributed by atoms with Crippen molar-refractivity contribution in [3.63, 3.8) is 0 Å². The van der Waals surface area contributed by atoms with Crippen LogP contribution in [-0.2, 0) is 0 Å². The van der Waals surface area contributed by atoms with Crippen molar-refractivity contribution in [1.29, 1.82) is 0 Å². The summed E-state index contributed by atoms with van der Waals surface area (Å²) < 4.78 is 35.6. The first-order chi connectivity index (χ1) is 16.5. The Morgan fingerprint density at radius 1 is 1.18 bits per heavy atom. The number of carbonyl (C=O) groups is 1. The van der Waals surface area contributed by atoms with Crippen molar-refractivity contribution < 1.29 is 22.8 Å². The molecule has 5 rings (SSSR count). The van der Waals surface area contributed by atoms with Gasteiger partial charge in [0.15, 0.2) is 0 Å². The van der Waals surface area contributed by atoms with Gasteiger partial charge in [0.05, 0.1) is 29.2 Å². The molecular weight excluding hydrogens is 470 g/mol. The van der Waals surface area contributed by atoms with Gasteiger partial charge in [0.1, 0.15) is 11.8 Å². The van der Waals surface area contributed by atoms with E-state index in [4.69, 9.17) is 16.1 Å². The Hall–Kier alpha value is -3.86. The Bertz CT molecular complexity index is 1310. The number of likely N-dealkylation sites (tertiary alicyclic amines) is 1. The van der Waals surface area contributed by atoms with Gasteiger partial charge >= 0.3 is 6.61 Å². The van der Waals surface area contributed by atoms with Crippen molar-refractivity contribution in [1.82, 2.24) is 30.0 Å². The predicted octanol–water partition coefficient (Wildman–Crippen LogP) is 4.55. The molecule has 4 aromatic rings. The standard InChI is InChI=1S/C22H17ClF2N6O3/c23-13-7-8-16(31-26-9-10-27-31)15(12-13)21(32)30-11-3-5-17(30)20-28-19(29-34-20)14-4-1-2-6-18(14)33-22(24)25/h1-2,4,6-10,12,17,22H,3,5,11H2. The van der Waals surface area contributed by atoms with E-state index in [1.807, 2.05) is 0 Å². The van der Waals surface area contributed by atoms with Crippen molar-refractivity contribution >= 4 is 17.5 Å². The number of ether oxygens (including phenoxy) is 1. The SMILES string of the molecule is O=C(c1cc(Cl)ccc1-n1nccn1)N1CCCC1c1nc(-c2ccccc2OC(F)F)no1. The van der Waals surface area contributed by atoms with Crippen LogP contribution in [0.1, 0.15) is 35.1 Å². The molecule has 0 spiro atoms. The molecule has 0 bridgehead atoms. The van der Waals surface area contributed by atoms with E-state index < -0.39 is 12.7 Å². The van der Waals surface area contributed by atoms with Crippen molar-refractivity contribution in [2.75, 3.05) is 6.54 Å². The van der Waals surface area contributed by atoms with Crippen LogP contribution in [-0.4, -0.2) is 49.1 Å². The first-order valence-corrected chi connectivity index (χ1v) is 10.7. The van der Waals surface area contributed by atoms with Crippen LogP contribution in [0.3, 0.4) is 0 Å². The fourth-order valence-corrected chi connectivity index (χ4v) is 4.12. The molecule has 9 nitrogen and oxygen atoms in total. The van der Waals surface area contributed by atoms with Gasteiger partial charge in [-0.05, 0) is 43.2 Å². The van der Waals surface area contributed by atoms with Gasteiger partial charge in [0, 0.05) is 11.6 Å². The van der Waals surface area contributed by atoms with Crippen molar-refractivity contribution in [2.45, 2.75) is 25.5 Å². The third kappa shape index (κ3) is 4.21. The van der Waals surface area contributed by atoms with Crippen LogP contribution in [0.25, 0.3) is 17.1 Å². The minimum absolute atomic E-state index is 0.0699. The lowest BCUT2D eigenvalue weighted by Crippen LogP contribution is -2.31. The monoisotopic (exact) mass is 486 g/mol. The number of nitrogens with zero attached hydrogens (tertiary/aromatic N) is 6. The van der Waals surface area contributed by atoms with Crippen LogP contribution in [0.4, 0.5) is 8.78 Å². The van der Waals surface area contributed by atoms with Gasteiger partial charge in [-0.3, -0.25) is 4.79 Å². The average Bonchev–Trinajstić information content (AvgIpc) is 3.60. The zero-order chi connectivity index (χ0) is 23.7. The molecule has 1 saturated heterocycles. The summed E-state index contributed by atoms with van der Waals surface area (Å²) in [6, 6.07) is 10.6. The van der Waals surface area contributed by atoms with Gasteiger partial charge in [-0.2, -0.15) is 28.8 Å². The predicted molar refractivity (Wildman–Crippen MR) is 116 cm³/mol. The summed E-state index contributed by atoms with van der Waals surface area (Å²) in [4.78, 5) is 20.9. The summed E-state index contributed by atoms with van der Waals surface area (Å²) in [6.07, 6.45) is 4.34. The number of para-hydroxylation sites is 1. The van der Waals surface area contributed by atoms with E-state index in [9.17, 15) is 13.6 Å². The molecule has 1 aliphatic rings. The second-order valence-corrected chi connectivity index (χ2v) is 7.90. The van der Waals surface area contributed by atoms with E-state index in [0.29, 0.717) is 29.2 Å². The van der Waals surface area contributed by atoms with E-state index in [2.05, 4.69) is 25.1 Å². The topological polar surface area (TPSA) is 99.2 Å². The van der Waals surface area contributed by atoms with E-state index >= 15 is 0 Å². The highest BCUT2D eigenvalue weighted by atomic mass is 35.5. The fraction of sp³-hybridized carbons (Fsp3) is 0.227. The zero-order valence-corrected chi connectivity index (χ0v) is 18.3. The maximum Gasteiger partial charge on any atom is 0.387 e. The van der Waals surface area contributed by atoms with Crippen LogP contribution in [0, 0.1) is 0 Å². The summed E-state index contributed by atoms with van der Waals surface area (Å²) in [6.45, 7) is -2.53. The van der Waals surface area contributed by atoms with Crippen LogP contribution in [0.2, 0.25) is 5.02 Å². The number of amides is 1. The highest BCUT2D eigenvalue weighted by Crippen LogP contribution is 2.36. The Balaban J connectivity index is 1.45. The second-order valence-electron chi connectivity index (χ2n) is 7.47. The maximum absolute atomic E-state index is 13.6. The fourth-order valence-electron chi connectivity index (χ4n) is 3.95. The third-order valence-electron chi connectivity index (χ3n) is 5.41. The van der Waals surface area contributed by atoms with Crippen molar-refractivity contribution in [2.24, 2.45) is 0 Å². The molecular formula is C22H17ClF2N6O3. The molecule has 174 valence electrons. The molecule has 3 heterocycles. The van der Waals surface area contributed by atoms with E-state index in [0.717, 1.165) is 6.42 Å². The molecule has 1 fully saturated rings. The summed E-state index contributed by atoms with van der Waals surface area (Å²) >= 11 is 6.18. The lowest BCUT2D eigenvalue weighted by Gasteiger charge is -2.23. The molecule has 34 heavy (non-hydrogen) atoms. The van der Waals surface area contributed by atoms with Crippen LogP contribution < -0.4 is 4.74 Å². The third-order valence-corrected chi connectivity index (χ3v) is 5.64. The minimum atomic E-state index is -2.99. The van der Waals surface area contributed by atoms with Gasteiger partial charge in [0.25, 0.3) is 5.91 Å². The van der Waals surface area contributed by atoms with Crippen molar-refractivity contribution in [3.05, 3.63) is 71.3 Å². The lowest BCUT2D eigenvalue weighted by atomic mass is 10.1. The van der Waals surface area contributed by atoms with Crippen LogP contribution in [0.5, 0.6) is 5.75 Å². The number of alkyl halides is 2. The van der Waals surface area contributed by atoms with Gasteiger partial charge < -0.3 is 14.2 Å². The number of hydrogen-bond donors (Lipinski definition) is 0. The number of carbonyl (C=O) groups excluding carboxylic acids is 1. The van der Waals surface area contributed by atoms with E-state index in [-0.39, 0.29) is 28.9 Å². The summed E-state index contributed by atoms with van der Waals surface area (Å²) in [5.41, 5.74) is 1.07. The number of rotatable bonds is 6. The number of aromatic nitrogens is 5. The summed E-state index contributed by atoms with van der Waals surface area (Å²) in [7, 11) is 0. The second kappa shape index (κ2) is 9.18. The summed E-state index contributed by atoms with van der Waals surface area (Å²) in [5, 5.41) is 12.6. The van der Waals surface area contributed by atoms with Crippen LogP contribution in [0.15, 0.2) is 59.4 Å². The van der Waals surface area contributed by atoms with Crippen LogP contribution >= 0.6 is 11.6 Å². The maximum atomic E-state index is 13.6. The Morgan fingerprint density at radius 2 is 1.97 bits per heavy atom. The highest BCUT2D eigenvalue weighted by Gasteiger charge is 2.36. The average molecular weight is 487 g/mol. The molecule has 1 unspecified atom stereocenters. The lowest BCUT2D eigenvalue weighted by molar-refractivity contribution is -0.0494. The quantitative estimate of drug-likeness (QED) is 0.394. The first kappa shape index (κ1) is 22.0. The Kier molecular flexibility index (Phi) is 5.93. The normalized spacial score (nSPS) is 15.8. The zero-order valence-electron chi connectivity index (χ0n) is 17.5. The molecule has 12 heteroatoms. The highest BCUT2D eigenvalue weighted by molar-refractivity contribution is 6.31. The van der Waals surface area contributed by atoms with Gasteiger partial charge in [-0.15, -0.1) is 0 Å². The Morgan fingerprint density at radius 3 is 2.76 bits per heavy atom. The van der Waals surface area contributed by atoms with Gasteiger partial charge in [-0.1, -0.05) is 28.9 Å². The molecule has 0 saturated carbocycles.